The Kier molecular flexibility index (Phi) is 11.8. The van der Waals surface area contributed by atoms with Gasteiger partial charge in [-0.2, -0.15) is 0 Å². The lowest BCUT2D eigenvalue weighted by Crippen LogP contribution is -2.38. The molecule has 1 saturated carbocycles. The normalized spacial score (nSPS) is 13.4. The van der Waals surface area contributed by atoms with Gasteiger partial charge in [0.05, 0.1) is 17.9 Å². The third-order valence-electron chi connectivity index (χ3n) is 7.54. The van der Waals surface area contributed by atoms with Gasteiger partial charge in [0.15, 0.2) is 0 Å². The molecule has 3 amide bonds. The van der Waals surface area contributed by atoms with Crippen molar-refractivity contribution in [3.63, 3.8) is 0 Å². The molecule has 9 nitrogen and oxygen atoms in total. The first-order valence-electron chi connectivity index (χ1n) is 15.7. The number of amides is 3. The Hall–Kier alpha value is -4.53. The zero-order valence-electron chi connectivity index (χ0n) is 26.8. The number of hydrogen-bond donors (Lipinski definition) is 2. The third-order valence-corrected chi connectivity index (χ3v) is 7.54. The van der Waals surface area contributed by atoms with Crippen LogP contribution in [0.15, 0.2) is 72.8 Å². The quantitative estimate of drug-likeness (QED) is 0.209. The molecule has 1 aliphatic carbocycles. The molecule has 4 rings (SSSR count). The van der Waals surface area contributed by atoms with E-state index in [-0.39, 0.29) is 31.1 Å². The maximum Gasteiger partial charge on any atom is 0.407 e. The van der Waals surface area contributed by atoms with Crippen LogP contribution in [0, 0.1) is 0 Å². The summed E-state index contributed by atoms with van der Waals surface area (Å²) in [4.78, 5) is 40.7. The molecule has 9 heteroatoms. The van der Waals surface area contributed by atoms with Crippen molar-refractivity contribution in [1.29, 1.82) is 0 Å². The van der Waals surface area contributed by atoms with Crippen LogP contribution in [0.4, 0.5) is 10.5 Å². The fourth-order valence-electron chi connectivity index (χ4n) is 5.18. The average molecular weight is 616 g/mol. The van der Waals surface area contributed by atoms with E-state index in [9.17, 15) is 14.4 Å². The van der Waals surface area contributed by atoms with Crippen LogP contribution in [0.3, 0.4) is 0 Å². The standard InChI is InChI=1S/C36H45N3O6/c1-36(2,3)45-35(42)37-22-13-23-43-31-19-12-11-18-29(31)33(40)38-30-21-20-27(34(41)39(4)28-16-9-6-10-17-28)24-32(30)44-25-26-14-7-5-8-15-26/h5,7-8,11-12,14-15,18-21,24,28H,6,9-10,13,16-17,22-23,25H2,1-4H3,(H,37,42)(H,38,40). The van der Waals surface area contributed by atoms with Crippen LogP contribution in [0.25, 0.3) is 0 Å². The summed E-state index contributed by atoms with van der Waals surface area (Å²) in [5.41, 5.74) is 1.70. The Morgan fingerprint density at radius 1 is 0.867 bits per heavy atom. The lowest BCUT2D eigenvalue weighted by Gasteiger charge is -2.31. The van der Waals surface area contributed by atoms with Crippen LogP contribution in [-0.4, -0.2) is 54.6 Å². The molecule has 1 aliphatic rings. The first-order chi connectivity index (χ1) is 21.6. The van der Waals surface area contributed by atoms with E-state index >= 15 is 0 Å². The molecule has 0 radical (unpaired) electrons. The maximum absolute atomic E-state index is 13.5. The van der Waals surface area contributed by atoms with Crippen molar-refractivity contribution >= 4 is 23.6 Å². The zero-order chi connectivity index (χ0) is 32.2. The van der Waals surface area contributed by atoms with E-state index in [1.165, 1.54) is 6.42 Å². The minimum absolute atomic E-state index is 0.0655. The van der Waals surface area contributed by atoms with Crippen molar-refractivity contribution in [2.45, 2.75) is 77.5 Å². The highest BCUT2D eigenvalue weighted by Gasteiger charge is 2.24. The minimum Gasteiger partial charge on any atom is -0.493 e. The van der Waals surface area contributed by atoms with Crippen LogP contribution in [-0.2, 0) is 11.3 Å². The van der Waals surface area contributed by atoms with E-state index in [0.717, 1.165) is 31.2 Å². The Bertz CT molecular complexity index is 1430. The van der Waals surface area contributed by atoms with E-state index in [1.807, 2.05) is 42.3 Å². The minimum atomic E-state index is -0.569. The number of hydrogen-bond acceptors (Lipinski definition) is 6. The van der Waals surface area contributed by atoms with Gasteiger partial charge in [0.1, 0.15) is 23.7 Å². The lowest BCUT2D eigenvalue weighted by molar-refractivity contribution is 0.0525. The topological polar surface area (TPSA) is 106 Å². The van der Waals surface area contributed by atoms with Gasteiger partial charge in [0.2, 0.25) is 0 Å². The van der Waals surface area contributed by atoms with Gasteiger partial charge >= 0.3 is 6.09 Å². The molecular weight excluding hydrogens is 570 g/mol. The van der Waals surface area contributed by atoms with Crippen LogP contribution in [0.2, 0.25) is 0 Å². The monoisotopic (exact) mass is 615 g/mol. The van der Waals surface area contributed by atoms with Crippen LogP contribution in [0.1, 0.15) is 85.6 Å². The molecule has 0 unspecified atom stereocenters. The third kappa shape index (κ3) is 10.3. The molecule has 0 atom stereocenters. The predicted octanol–water partition coefficient (Wildman–Crippen LogP) is 7.22. The molecule has 1 fully saturated rings. The lowest BCUT2D eigenvalue weighted by atomic mass is 9.94. The highest BCUT2D eigenvalue weighted by Crippen LogP contribution is 2.30. The van der Waals surface area contributed by atoms with Crippen LogP contribution in [0.5, 0.6) is 11.5 Å². The summed E-state index contributed by atoms with van der Waals surface area (Å²) in [5.74, 6) is 0.381. The molecule has 45 heavy (non-hydrogen) atoms. The SMILES string of the molecule is CN(C(=O)c1ccc(NC(=O)c2ccccc2OCCCNC(=O)OC(C)(C)C)c(OCc2ccccc2)c1)C1CCCCC1. The first-order valence-corrected chi connectivity index (χ1v) is 15.7. The highest BCUT2D eigenvalue weighted by molar-refractivity contribution is 6.07. The van der Waals surface area contributed by atoms with E-state index < -0.39 is 11.7 Å². The largest absolute Gasteiger partial charge is 0.493 e. The number of benzene rings is 3. The Labute approximate surface area is 266 Å². The number of carbonyl (C=O) groups excluding carboxylic acids is 3. The molecule has 0 heterocycles. The van der Waals surface area contributed by atoms with Crippen LogP contribution < -0.4 is 20.1 Å². The molecule has 0 aliphatic heterocycles. The number of nitrogens with one attached hydrogen (secondary N) is 2. The predicted molar refractivity (Wildman–Crippen MR) is 175 cm³/mol. The highest BCUT2D eigenvalue weighted by atomic mass is 16.6. The molecular formula is C36H45N3O6. The fraction of sp³-hybridized carbons (Fsp3) is 0.417. The van der Waals surface area contributed by atoms with Gasteiger partial charge in [-0.15, -0.1) is 0 Å². The van der Waals surface area contributed by atoms with Crippen molar-refractivity contribution < 1.29 is 28.6 Å². The molecule has 2 N–H and O–H groups in total. The van der Waals surface area contributed by atoms with Gasteiger partial charge in [0, 0.05) is 25.2 Å². The summed E-state index contributed by atoms with van der Waals surface area (Å²) in [6.45, 7) is 6.35. The first kappa shape index (κ1) is 33.4. The Morgan fingerprint density at radius 2 is 1.58 bits per heavy atom. The summed E-state index contributed by atoms with van der Waals surface area (Å²) in [6, 6.07) is 22.1. The number of para-hydroxylation sites is 1. The molecule has 0 aromatic heterocycles. The summed E-state index contributed by atoms with van der Waals surface area (Å²) in [6.07, 6.45) is 5.53. The molecule has 0 spiro atoms. The number of carbonyl (C=O) groups is 3. The molecule has 3 aromatic rings. The van der Waals surface area contributed by atoms with Gasteiger partial charge < -0.3 is 29.7 Å². The fourth-order valence-corrected chi connectivity index (χ4v) is 5.18. The molecule has 0 saturated heterocycles. The molecule has 3 aromatic carbocycles. The van der Waals surface area contributed by atoms with Gasteiger partial charge in [-0.05, 0) is 75.9 Å². The zero-order valence-corrected chi connectivity index (χ0v) is 26.8. The smallest absolute Gasteiger partial charge is 0.407 e. The van der Waals surface area contributed by atoms with E-state index in [2.05, 4.69) is 10.6 Å². The van der Waals surface area contributed by atoms with Crippen molar-refractivity contribution in [3.8, 4) is 11.5 Å². The van der Waals surface area contributed by atoms with E-state index in [0.29, 0.717) is 41.3 Å². The molecule has 0 bridgehead atoms. The summed E-state index contributed by atoms with van der Waals surface area (Å²) >= 11 is 0. The number of nitrogens with zero attached hydrogens (tertiary/aromatic N) is 1. The Balaban J connectivity index is 1.44. The van der Waals surface area contributed by atoms with Crippen molar-refractivity contribution in [2.24, 2.45) is 0 Å². The second kappa shape index (κ2) is 16.0. The van der Waals surface area contributed by atoms with Gasteiger partial charge in [-0.1, -0.05) is 61.7 Å². The summed E-state index contributed by atoms with van der Waals surface area (Å²) in [5, 5.41) is 5.66. The second-order valence-electron chi connectivity index (χ2n) is 12.3. The maximum atomic E-state index is 13.5. The van der Waals surface area contributed by atoms with Crippen LogP contribution >= 0.6 is 0 Å². The van der Waals surface area contributed by atoms with Gasteiger partial charge in [0.25, 0.3) is 11.8 Å². The van der Waals surface area contributed by atoms with Crippen molar-refractivity contribution in [3.05, 3.63) is 89.5 Å². The number of ether oxygens (including phenoxy) is 3. The summed E-state index contributed by atoms with van der Waals surface area (Å²) in [7, 11) is 1.86. The number of anilines is 1. The van der Waals surface area contributed by atoms with Gasteiger partial charge in [-0.3, -0.25) is 9.59 Å². The number of rotatable bonds is 12. The van der Waals surface area contributed by atoms with E-state index in [1.54, 1.807) is 63.2 Å². The Morgan fingerprint density at radius 3 is 2.31 bits per heavy atom. The van der Waals surface area contributed by atoms with Crippen molar-refractivity contribution in [1.82, 2.24) is 10.2 Å². The van der Waals surface area contributed by atoms with Gasteiger partial charge in [-0.25, -0.2) is 4.79 Å². The second-order valence-corrected chi connectivity index (χ2v) is 12.3. The summed E-state index contributed by atoms with van der Waals surface area (Å²) < 4.78 is 17.3. The number of alkyl carbamates (subject to hydrolysis) is 1. The van der Waals surface area contributed by atoms with E-state index in [4.69, 9.17) is 14.2 Å². The average Bonchev–Trinajstić information content (AvgIpc) is 3.03. The van der Waals surface area contributed by atoms with Crippen molar-refractivity contribution in [2.75, 3.05) is 25.5 Å². The molecule has 240 valence electrons.